The summed E-state index contributed by atoms with van der Waals surface area (Å²) in [6.07, 6.45) is -0.468. The van der Waals surface area contributed by atoms with E-state index in [2.05, 4.69) is 6.07 Å². The maximum atomic E-state index is 12.5. The van der Waals surface area contributed by atoms with Gasteiger partial charge in [-0.1, -0.05) is 97.1 Å². The molecule has 0 unspecified atom stereocenters. The number of aliphatic carboxylic acids is 2. The summed E-state index contributed by atoms with van der Waals surface area (Å²) in [6, 6.07) is 31.6. The van der Waals surface area contributed by atoms with Crippen molar-refractivity contribution in [1.29, 1.82) is 0 Å². The minimum Gasteiger partial charge on any atom is -0.481 e. The van der Waals surface area contributed by atoms with Gasteiger partial charge in [0.2, 0.25) is 0 Å². The van der Waals surface area contributed by atoms with Crippen molar-refractivity contribution in [2.24, 2.45) is 5.92 Å². The zero-order valence-electron chi connectivity index (χ0n) is 17.8. The van der Waals surface area contributed by atoms with Crippen molar-refractivity contribution in [1.82, 2.24) is 0 Å². The van der Waals surface area contributed by atoms with Gasteiger partial charge in [0.25, 0.3) is 0 Å². The van der Waals surface area contributed by atoms with Crippen LogP contribution < -0.4 is 0 Å². The second kappa shape index (κ2) is 8.40. The highest BCUT2D eigenvalue weighted by molar-refractivity contribution is 6.10. The van der Waals surface area contributed by atoms with E-state index in [0.29, 0.717) is 0 Å². The highest BCUT2D eigenvalue weighted by atomic mass is 16.4. The quantitative estimate of drug-likeness (QED) is 0.301. The lowest BCUT2D eigenvalue weighted by atomic mass is 9.75. The summed E-state index contributed by atoms with van der Waals surface area (Å²) in [5, 5.41) is 25.8. The van der Waals surface area contributed by atoms with E-state index in [-0.39, 0.29) is 0 Å². The first-order chi connectivity index (χ1) is 16.0. The van der Waals surface area contributed by atoms with Gasteiger partial charge in [0, 0.05) is 5.92 Å². The Morgan fingerprint density at radius 2 is 1.15 bits per heavy atom. The number of carbonyl (C=O) groups is 2. The number of carboxylic acids is 2. The van der Waals surface area contributed by atoms with Gasteiger partial charge in [-0.3, -0.25) is 9.59 Å². The lowest BCUT2D eigenvalue weighted by Crippen LogP contribution is -2.26. The van der Waals surface area contributed by atoms with Crippen molar-refractivity contribution in [3.63, 3.8) is 0 Å². The lowest BCUT2D eigenvalue weighted by molar-refractivity contribution is -0.148. The van der Waals surface area contributed by atoms with Gasteiger partial charge < -0.3 is 10.2 Å². The Kier molecular flexibility index (Phi) is 5.27. The average molecular weight is 434 g/mol. The summed E-state index contributed by atoms with van der Waals surface area (Å²) >= 11 is 0. The molecule has 5 aromatic rings. The van der Waals surface area contributed by atoms with E-state index >= 15 is 0 Å². The zero-order chi connectivity index (χ0) is 22.9. The third-order valence-electron chi connectivity index (χ3n) is 6.41. The molecule has 5 aromatic carbocycles. The average Bonchev–Trinajstić information content (AvgIpc) is 2.83. The normalized spacial score (nSPS) is 13.2. The Labute approximate surface area is 190 Å². The molecule has 162 valence electrons. The van der Waals surface area contributed by atoms with Crippen LogP contribution >= 0.6 is 0 Å². The van der Waals surface area contributed by atoms with Crippen molar-refractivity contribution in [3.8, 4) is 0 Å². The summed E-state index contributed by atoms with van der Waals surface area (Å²) in [4.78, 5) is 24.3. The maximum Gasteiger partial charge on any atom is 0.308 e. The molecule has 4 heteroatoms. The fourth-order valence-corrected chi connectivity index (χ4v) is 5.01. The molecule has 0 saturated heterocycles. The van der Waals surface area contributed by atoms with E-state index in [4.69, 9.17) is 0 Å². The topological polar surface area (TPSA) is 74.6 Å². The van der Waals surface area contributed by atoms with Gasteiger partial charge in [-0.2, -0.15) is 0 Å². The van der Waals surface area contributed by atoms with Gasteiger partial charge in [-0.25, -0.2) is 0 Å². The Bertz CT molecular complexity index is 1510. The van der Waals surface area contributed by atoms with E-state index in [1.807, 2.05) is 91.0 Å². The van der Waals surface area contributed by atoms with E-state index in [0.717, 1.165) is 43.4 Å². The third kappa shape index (κ3) is 3.70. The predicted molar refractivity (Wildman–Crippen MR) is 131 cm³/mol. The molecule has 0 saturated carbocycles. The molecule has 0 amide bonds. The van der Waals surface area contributed by atoms with Crippen LogP contribution in [0.1, 0.15) is 23.5 Å². The largest absolute Gasteiger partial charge is 0.481 e. The number of fused-ring (bicyclic) bond motifs is 4. The van der Waals surface area contributed by atoms with E-state index < -0.39 is 30.2 Å². The van der Waals surface area contributed by atoms with Crippen molar-refractivity contribution in [2.75, 3.05) is 0 Å². The molecule has 0 bridgehead atoms. The lowest BCUT2D eigenvalue weighted by Gasteiger charge is -2.27. The van der Waals surface area contributed by atoms with Gasteiger partial charge in [0.15, 0.2) is 0 Å². The molecule has 0 aliphatic rings. The Morgan fingerprint density at radius 1 is 0.606 bits per heavy atom. The predicted octanol–water partition coefficient (Wildman–Crippen LogP) is 6.45. The number of hydrogen-bond donors (Lipinski definition) is 2. The maximum absolute atomic E-state index is 12.5. The monoisotopic (exact) mass is 434 g/mol. The Morgan fingerprint density at radius 3 is 1.85 bits per heavy atom. The molecule has 0 aromatic heterocycles. The van der Waals surface area contributed by atoms with Crippen molar-refractivity contribution in [3.05, 3.63) is 108 Å². The second-order valence-corrected chi connectivity index (χ2v) is 8.32. The van der Waals surface area contributed by atoms with Crippen LogP contribution in [0.15, 0.2) is 97.1 Å². The first kappa shape index (κ1) is 20.7. The molecular weight excluding hydrogens is 412 g/mol. The smallest absolute Gasteiger partial charge is 0.308 e. The Hall–Kier alpha value is -4.18. The number of benzene rings is 5. The summed E-state index contributed by atoms with van der Waals surface area (Å²) in [6.45, 7) is 0. The minimum atomic E-state index is -1.13. The SMILES string of the molecule is O=C(O)C[C@H](C(=O)O)[C@H](c1cccc2ccccc12)c1cccc2ccc3ccccc3c12. The van der Waals surface area contributed by atoms with Crippen molar-refractivity contribution >= 4 is 44.3 Å². The Balaban J connectivity index is 1.89. The van der Waals surface area contributed by atoms with E-state index in [1.165, 1.54) is 0 Å². The molecule has 2 N–H and O–H groups in total. The molecule has 5 rings (SSSR count). The number of rotatable bonds is 6. The molecule has 0 heterocycles. The number of carboxylic acid groups (broad SMARTS) is 2. The molecule has 0 fully saturated rings. The van der Waals surface area contributed by atoms with Gasteiger partial charge in [-0.05, 0) is 43.4 Å². The molecular formula is C29H22O4. The van der Waals surface area contributed by atoms with Gasteiger partial charge in [-0.15, -0.1) is 0 Å². The molecule has 0 spiro atoms. The third-order valence-corrected chi connectivity index (χ3v) is 6.41. The van der Waals surface area contributed by atoms with Gasteiger partial charge in [0.1, 0.15) is 0 Å². The van der Waals surface area contributed by atoms with E-state index in [1.54, 1.807) is 0 Å². The molecule has 4 nitrogen and oxygen atoms in total. The van der Waals surface area contributed by atoms with Gasteiger partial charge in [0.05, 0.1) is 12.3 Å². The highest BCUT2D eigenvalue weighted by Crippen LogP contribution is 2.42. The summed E-state index contributed by atoms with van der Waals surface area (Å²) in [7, 11) is 0. The summed E-state index contributed by atoms with van der Waals surface area (Å²) in [5.74, 6) is -4.01. The van der Waals surface area contributed by atoms with Crippen LogP contribution in [0.3, 0.4) is 0 Å². The van der Waals surface area contributed by atoms with Crippen LogP contribution in [0.5, 0.6) is 0 Å². The van der Waals surface area contributed by atoms with Gasteiger partial charge >= 0.3 is 11.9 Å². The first-order valence-electron chi connectivity index (χ1n) is 10.9. The van der Waals surface area contributed by atoms with Crippen LogP contribution in [0, 0.1) is 5.92 Å². The van der Waals surface area contributed by atoms with Crippen LogP contribution in [0.4, 0.5) is 0 Å². The van der Waals surface area contributed by atoms with Crippen LogP contribution in [-0.4, -0.2) is 22.2 Å². The first-order valence-corrected chi connectivity index (χ1v) is 10.9. The van der Waals surface area contributed by atoms with E-state index in [9.17, 15) is 19.8 Å². The highest BCUT2D eigenvalue weighted by Gasteiger charge is 2.35. The van der Waals surface area contributed by atoms with Crippen molar-refractivity contribution < 1.29 is 19.8 Å². The number of hydrogen-bond acceptors (Lipinski definition) is 2. The molecule has 33 heavy (non-hydrogen) atoms. The fourth-order valence-electron chi connectivity index (χ4n) is 5.01. The van der Waals surface area contributed by atoms with Crippen molar-refractivity contribution in [2.45, 2.75) is 12.3 Å². The summed E-state index contributed by atoms with van der Waals surface area (Å²) in [5.41, 5.74) is 1.65. The fraction of sp³-hybridized carbons (Fsp3) is 0.103. The molecule has 0 radical (unpaired) electrons. The molecule has 0 aliphatic carbocycles. The van der Waals surface area contributed by atoms with Crippen LogP contribution in [-0.2, 0) is 9.59 Å². The summed E-state index contributed by atoms with van der Waals surface area (Å²) < 4.78 is 0. The minimum absolute atomic E-state index is 0.468. The zero-order valence-corrected chi connectivity index (χ0v) is 17.8. The molecule has 2 atom stereocenters. The standard InChI is InChI=1S/C29H22O4/c30-26(31)17-25(29(32)33)28(23-13-5-9-18-7-1-3-11-21(18)23)24-14-6-10-20-16-15-19-8-2-4-12-22(19)27(20)24/h1-16,25,28H,17H2,(H,30,31)(H,32,33)/t25-,28+/m0/s1. The van der Waals surface area contributed by atoms with Crippen LogP contribution in [0.2, 0.25) is 0 Å². The van der Waals surface area contributed by atoms with Crippen LogP contribution in [0.25, 0.3) is 32.3 Å². The molecule has 0 aliphatic heterocycles. The second-order valence-electron chi connectivity index (χ2n) is 8.32.